The van der Waals surface area contributed by atoms with Crippen LogP contribution >= 0.6 is 11.6 Å². The Labute approximate surface area is 201 Å². The number of carbonyl (C=O) groups excluding carboxylic acids is 1. The third-order valence-corrected chi connectivity index (χ3v) is 6.43. The van der Waals surface area contributed by atoms with Crippen LogP contribution in [0.5, 0.6) is 5.88 Å². The molecule has 1 aliphatic heterocycles. The molecule has 0 saturated carbocycles. The molecule has 0 spiro atoms. The number of hydrogen-bond acceptors (Lipinski definition) is 5. The molecule has 1 saturated heterocycles. The Morgan fingerprint density at radius 3 is 2.56 bits per heavy atom. The van der Waals surface area contributed by atoms with Crippen molar-refractivity contribution in [3.8, 4) is 17.0 Å². The average molecular weight is 477 g/mol. The van der Waals surface area contributed by atoms with Gasteiger partial charge in [0.05, 0.1) is 18.3 Å². The number of halogens is 2. The number of amides is 1. The molecule has 5 rings (SSSR count). The molecule has 4 aromatic rings. The van der Waals surface area contributed by atoms with E-state index in [4.69, 9.17) is 21.3 Å². The number of pyridine rings is 2. The fourth-order valence-electron chi connectivity index (χ4n) is 4.42. The van der Waals surface area contributed by atoms with Crippen molar-refractivity contribution in [1.29, 1.82) is 0 Å². The van der Waals surface area contributed by atoms with Gasteiger partial charge in [0, 0.05) is 54.4 Å². The number of anilines is 1. The lowest BCUT2D eigenvalue weighted by Gasteiger charge is -2.36. The molecule has 0 aliphatic carbocycles. The highest BCUT2D eigenvalue weighted by Gasteiger charge is 2.25. The molecule has 1 amide bonds. The van der Waals surface area contributed by atoms with Crippen LogP contribution < -0.4 is 9.64 Å². The molecule has 2 aromatic carbocycles. The van der Waals surface area contributed by atoms with E-state index in [0.717, 1.165) is 33.1 Å². The second kappa shape index (κ2) is 8.91. The summed E-state index contributed by atoms with van der Waals surface area (Å²) < 4.78 is 18.7. The monoisotopic (exact) mass is 476 g/mol. The minimum absolute atomic E-state index is 0.389. The number of benzene rings is 2. The maximum absolute atomic E-state index is 13.3. The minimum atomic E-state index is -0.938. The van der Waals surface area contributed by atoms with Crippen molar-refractivity contribution in [2.24, 2.45) is 0 Å². The maximum atomic E-state index is 13.3. The number of ether oxygens (including phenoxy) is 1. The van der Waals surface area contributed by atoms with E-state index in [-0.39, 0.29) is 0 Å². The summed E-state index contributed by atoms with van der Waals surface area (Å²) in [5, 5.41) is 2.69. The highest BCUT2D eigenvalue weighted by Crippen LogP contribution is 2.36. The van der Waals surface area contributed by atoms with E-state index in [1.54, 1.807) is 7.11 Å². The third kappa shape index (κ3) is 3.92. The van der Waals surface area contributed by atoms with Crippen LogP contribution in [0.4, 0.5) is 10.1 Å². The normalized spacial score (nSPS) is 14.0. The Balaban J connectivity index is 1.55. The second-order valence-electron chi connectivity index (χ2n) is 8.10. The Morgan fingerprint density at radius 2 is 1.85 bits per heavy atom. The molecule has 1 aliphatic rings. The van der Waals surface area contributed by atoms with Gasteiger partial charge in [0.2, 0.25) is 5.88 Å². The van der Waals surface area contributed by atoms with Gasteiger partial charge in [-0.3, -0.25) is 9.78 Å². The number of methoxy groups -OCH3 is 1. The number of rotatable bonds is 4. The molecule has 0 atom stereocenters. The second-order valence-corrected chi connectivity index (χ2v) is 8.51. The van der Waals surface area contributed by atoms with Gasteiger partial charge in [-0.05, 0) is 23.1 Å². The molecule has 0 N–H and O–H groups in total. The standard InChI is InChI=1S/C26H22ClFN4O2/c1-16(28)26(33)32-11-9-31(10-12-32)22-14-23(34-2)30-21-13-18(15-29-25(21)22)19-7-3-5-17-6-4-8-20(27)24(17)19/h3-8,13-15H,1,9-12H2,2H3. The molecule has 1 fully saturated rings. The van der Waals surface area contributed by atoms with Gasteiger partial charge in [0.1, 0.15) is 5.52 Å². The Morgan fingerprint density at radius 1 is 1.12 bits per heavy atom. The number of fused-ring (bicyclic) bond motifs is 2. The van der Waals surface area contributed by atoms with Crippen LogP contribution in [0.25, 0.3) is 32.9 Å². The van der Waals surface area contributed by atoms with Gasteiger partial charge in [-0.1, -0.05) is 48.5 Å². The van der Waals surface area contributed by atoms with Crippen LogP contribution in [0, 0.1) is 0 Å². The number of piperazine rings is 1. The predicted octanol–water partition coefficient (Wildman–Crippen LogP) is 5.24. The summed E-state index contributed by atoms with van der Waals surface area (Å²) in [6.45, 7) is 4.96. The lowest BCUT2D eigenvalue weighted by Crippen LogP contribution is -2.49. The first-order valence-corrected chi connectivity index (χ1v) is 11.2. The van der Waals surface area contributed by atoms with Crippen molar-refractivity contribution in [2.45, 2.75) is 0 Å². The lowest BCUT2D eigenvalue weighted by atomic mass is 9.99. The van der Waals surface area contributed by atoms with Gasteiger partial charge < -0.3 is 14.5 Å². The van der Waals surface area contributed by atoms with Gasteiger partial charge in [-0.25, -0.2) is 9.37 Å². The molecule has 0 bridgehead atoms. The van der Waals surface area contributed by atoms with E-state index >= 15 is 0 Å². The highest BCUT2D eigenvalue weighted by atomic mass is 35.5. The molecule has 0 radical (unpaired) electrons. The molecule has 2 aromatic heterocycles. The van der Waals surface area contributed by atoms with E-state index in [0.29, 0.717) is 42.6 Å². The molecule has 34 heavy (non-hydrogen) atoms. The average Bonchev–Trinajstić information content (AvgIpc) is 2.87. The molecule has 172 valence electrons. The van der Waals surface area contributed by atoms with E-state index in [9.17, 15) is 9.18 Å². The largest absolute Gasteiger partial charge is 0.481 e. The Kier molecular flexibility index (Phi) is 5.79. The summed E-state index contributed by atoms with van der Waals surface area (Å²) >= 11 is 6.54. The highest BCUT2D eigenvalue weighted by molar-refractivity contribution is 6.36. The number of hydrogen-bond donors (Lipinski definition) is 0. The van der Waals surface area contributed by atoms with Gasteiger partial charge >= 0.3 is 0 Å². The summed E-state index contributed by atoms with van der Waals surface area (Å²) in [7, 11) is 1.57. The molecular formula is C26H22ClFN4O2. The molecule has 0 unspecified atom stereocenters. The van der Waals surface area contributed by atoms with E-state index in [1.807, 2.05) is 54.7 Å². The fraction of sp³-hybridized carbons (Fsp3) is 0.192. The Hall–Kier alpha value is -3.71. The van der Waals surface area contributed by atoms with Crippen LogP contribution in [0.1, 0.15) is 0 Å². The van der Waals surface area contributed by atoms with Gasteiger partial charge in [0.15, 0.2) is 5.83 Å². The summed E-state index contributed by atoms with van der Waals surface area (Å²) in [6.07, 6.45) is 1.82. The van der Waals surface area contributed by atoms with E-state index in [1.165, 1.54) is 4.90 Å². The summed E-state index contributed by atoms with van der Waals surface area (Å²) in [4.78, 5) is 24.9. The van der Waals surface area contributed by atoms with Crippen molar-refractivity contribution in [3.05, 3.63) is 72.2 Å². The number of nitrogens with zero attached hydrogens (tertiary/aromatic N) is 4. The topological polar surface area (TPSA) is 58.6 Å². The van der Waals surface area contributed by atoms with Gasteiger partial charge in [-0.2, -0.15) is 0 Å². The zero-order valence-electron chi connectivity index (χ0n) is 18.6. The van der Waals surface area contributed by atoms with Crippen LogP contribution in [0.3, 0.4) is 0 Å². The first-order chi connectivity index (χ1) is 16.5. The zero-order valence-corrected chi connectivity index (χ0v) is 19.3. The summed E-state index contributed by atoms with van der Waals surface area (Å²) in [5.74, 6) is -1.13. The van der Waals surface area contributed by atoms with Crippen molar-refractivity contribution < 1.29 is 13.9 Å². The van der Waals surface area contributed by atoms with Crippen molar-refractivity contribution in [1.82, 2.24) is 14.9 Å². The third-order valence-electron chi connectivity index (χ3n) is 6.11. The van der Waals surface area contributed by atoms with Crippen LogP contribution in [0.2, 0.25) is 5.02 Å². The first-order valence-electron chi connectivity index (χ1n) is 10.9. The lowest BCUT2D eigenvalue weighted by molar-refractivity contribution is -0.128. The maximum Gasteiger partial charge on any atom is 0.282 e. The molecular weight excluding hydrogens is 455 g/mol. The zero-order chi connectivity index (χ0) is 23.8. The van der Waals surface area contributed by atoms with Crippen LogP contribution in [0.15, 0.2) is 67.1 Å². The fourth-order valence-corrected chi connectivity index (χ4v) is 4.71. The van der Waals surface area contributed by atoms with E-state index in [2.05, 4.69) is 16.5 Å². The van der Waals surface area contributed by atoms with Gasteiger partial charge in [-0.15, -0.1) is 0 Å². The quantitative estimate of drug-likeness (QED) is 0.377. The number of aromatic nitrogens is 2. The predicted molar refractivity (Wildman–Crippen MR) is 133 cm³/mol. The first kappa shape index (κ1) is 22.1. The summed E-state index contributed by atoms with van der Waals surface area (Å²) in [5.41, 5.74) is 4.14. The summed E-state index contributed by atoms with van der Waals surface area (Å²) in [6, 6.07) is 15.7. The molecule has 6 nitrogen and oxygen atoms in total. The SMILES string of the molecule is C=C(F)C(=O)N1CCN(c2cc(OC)nc3cc(-c4cccc5cccc(Cl)c45)cnc23)CC1. The van der Waals surface area contributed by atoms with Crippen molar-refractivity contribution in [2.75, 3.05) is 38.2 Å². The minimum Gasteiger partial charge on any atom is -0.481 e. The Bertz CT molecular complexity index is 1430. The molecule has 8 heteroatoms. The van der Waals surface area contributed by atoms with E-state index < -0.39 is 11.7 Å². The number of carbonyl (C=O) groups is 1. The van der Waals surface area contributed by atoms with Crippen LogP contribution in [-0.4, -0.2) is 54.1 Å². The smallest absolute Gasteiger partial charge is 0.282 e. The van der Waals surface area contributed by atoms with Crippen molar-refractivity contribution >= 4 is 45.0 Å². The molecule has 3 heterocycles. The van der Waals surface area contributed by atoms with Gasteiger partial charge in [0.25, 0.3) is 5.91 Å². The van der Waals surface area contributed by atoms with Crippen LogP contribution in [-0.2, 0) is 4.79 Å². The van der Waals surface area contributed by atoms with Crippen molar-refractivity contribution in [3.63, 3.8) is 0 Å².